The molecule has 0 aliphatic carbocycles. The van der Waals surface area contributed by atoms with Crippen molar-refractivity contribution in [2.45, 2.75) is 19.9 Å². The minimum atomic E-state index is -2.90. The summed E-state index contributed by atoms with van der Waals surface area (Å²) in [6, 6.07) is 7.72. The number of nitrogen functional groups attached to an aromatic ring is 1. The number of rotatable bonds is 7. The van der Waals surface area contributed by atoms with E-state index in [2.05, 4.69) is 11.8 Å². The third kappa shape index (κ3) is 6.02. The second-order valence-electron chi connectivity index (χ2n) is 4.65. The Hall–Kier alpha value is -1.07. The van der Waals surface area contributed by atoms with Crippen LogP contribution in [0.25, 0.3) is 0 Å². The van der Waals surface area contributed by atoms with E-state index >= 15 is 0 Å². The molecule has 0 unspecified atom stereocenters. The highest BCUT2D eigenvalue weighted by molar-refractivity contribution is 7.90. The highest BCUT2D eigenvalue weighted by atomic mass is 32.2. The van der Waals surface area contributed by atoms with E-state index in [-0.39, 0.29) is 5.75 Å². The van der Waals surface area contributed by atoms with Crippen molar-refractivity contribution >= 4 is 15.5 Å². The molecule has 0 spiro atoms. The van der Waals surface area contributed by atoms with Crippen LogP contribution in [0.4, 0.5) is 5.69 Å². The number of nitrogens with zero attached hydrogens (tertiary/aromatic N) is 1. The molecule has 4 nitrogen and oxygen atoms in total. The lowest BCUT2D eigenvalue weighted by atomic mass is 10.2. The van der Waals surface area contributed by atoms with Crippen LogP contribution >= 0.6 is 0 Å². The van der Waals surface area contributed by atoms with E-state index in [0.717, 1.165) is 30.8 Å². The molecule has 0 radical (unpaired) electrons. The molecule has 0 fully saturated rings. The van der Waals surface area contributed by atoms with Crippen LogP contribution in [0.15, 0.2) is 24.3 Å². The molecule has 102 valence electrons. The third-order valence-corrected chi connectivity index (χ3v) is 3.60. The largest absolute Gasteiger partial charge is 0.399 e. The van der Waals surface area contributed by atoms with Crippen molar-refractivity contribution in [3.63, 3.8) is 0 Å². The summed E-state index contributed by atoms with van der Waals surface area (Å²) in [5, 5.41) is 0. The van der Waals surface area contributed by atoms with Crippen LogP contribution in [0.2, 0.25) is 0 Å². The third-order valence-electron chi connectivity index (χ3n) is 2.68. The van der Waals surface area contributed by atoms with Crippen LogP contribution in [0.1, 0.15) is 18.9 Å². The smallest absolute Gasteiger partial charge is 0.148 e. The predicted molar refractivity (Wildman–Crippen MR) is 76.1 cm³/mol. The average molecular weight is 270 g/mol. The van der Waals surface area contributed by atoms with Crippen molar-refractivity contribution in [3.05, 3.63) is 29.8 Å². The second kappa shape index (κ2) is 6.75. The fraction of sp³-hybridized carbons (Fsp3) is 0.538. The van der Waals surface area contributed by atoms with E-state index in [4.69, 9.17) is 5.73 Å². The first-order valence-corrected chi connectivity index (χ1v) is 8.21. The highest BCUT2D eigenvalue weighted by Gasteiger charge is 2.09. The molecular formula is C13H22N2O2S. The summed E-state index contributed by atoms with van der Waals surface area (Å²) in [6.45, 7) is 4.30. The van der Waals surface area contributed by atoms with E-state index < -0.39 is 9.84 Å². The van der Waals surface area contributed by atoms with Gasteiger partial charge in [0.05, 0.1) is 5.75 Å². The summed E-state index contributed by atoms with van der Waals surface area (Å²) in [7, 11) is -2.90. The Kier molecular flexibility index (Phi) is 5.62. The quantitative estimate of drug-likeness (QED) is 0.763. The maximum atomic E-state index is 11.2. The Morgan fingerprint density at radius 3 is 2.56 bits per heavy atom. The summed E-state index contributed by atoms with van der Waals surface area (Å²) in [6.07, 6.45) is 2.28. The fourth-order valence-electron chi connectivity index (χ4n) is 1.83. The molecule has 2 N–H and O–H groups in total. The van der Waals surface area contributed by atoms with Gasteiger partial charge in [0.25, 0.3) is 0 Å². The maximum absolute atomic E-state index is 11.2. The van der Waals surface area contributed by atoms with E-state index in [9.17, 15) is 8.42 Å². The molecule has 5 heteroatoms. The second-order valence-corrected chi connectivity index (χ2v) is 6.91. The monoisotopic (exact) mass is 270 g/mol. The van der Waals surface area contributed by atoms with Gasteiger partial charge in [-0.3, -0.25) is 4.90 Å². The summed E-state index contributed by atoms with van der Waals surface area (Å²) in [5.41, 5.74) is 7.60. The predicted octanol–water partition coefficient (Wildman–Crippen LogP) is 1.53. The molecule has 1 aromatic rings. The Balaban J connectivity index is 2.62. The summed E-state index contributed by atoms with van der Waals surface area (Å²) in [5.74, 6) is 0.204. The lowest BCUT2D eigenvalue weighted by Gasteiger charge is -2.21. The van der Waals surface area contributed by atoms with Gasteiger partial charge in [0, 0.05) is 25.0 Å². The zero-order valence-corrected chi connectivity index (χ0v) is 11.9. The number of sulfone groups is 1. The van der Waals surface area contributed by atoms with Gasteiger partial charge in [-0.2, -0.15) is 0 Å². The van der Waals surface area contributed by atoms with Crippen molar-refractivity contribution < 1.29 is 8.42 Å². The molecule has 18 heavy (non-hydrogen) atoms. The number of hydrogen-bond acceptors (Lipinski definition) is 4. The molecule has 0 bridgehead atoms. The van der Waals surface area contributed by atoms with E-state index in [1.54, 1.807) is 0 Å². The summed E-state index contributed by atoms with van der Waals surface area (Å²) >= 11 is 0. The van der Waals surface area contributed by atoms with Crippen LogP contribution < -0.4 is 5.73 Å². The maximum Gasteiger partial charge on any atom is 0.148 e. The molecule has 0 aliphatic rings. The first-order chi connectivity index (χ1) is 8.40. The van der Waals surface area contributed by atoms with E-state index in [1.165, 1.54) is 6.26 Å². The molecule has 1 aromatic carbocycles. The summed E-state index contributed by atoms with van der Waals surface area (Å²) < 4.78 is 22.4. The molecular weight excluding hydrogens is 248 g/mol. The van der Waals surface area contributed by atoms with Gasteiger partial charge in [-0.15, -0.1) is 0 Å². The molecule has 0 aliphatic heterocycles. The van der Waals surface area contributed by atoms with Crippen LogP contribution in [-0.2, 0) is 16.4 Å². The first kappa shape index (κ1) is 15.0. The fourth-order valence-corrected chi connectivity index (χ4v) is 2.42. The lowest BCUT2D eigenvalue weighted by Crippen LogP contribution is -2.29. The highest BCUT2D eigenvalue weighted by Crippen LogP contribution is 2.10. The van der Waals surface area contributed by atoms with Crippen molar-refractivity contribution in [3.8, 4) is 0 Å². The van der Waals surface area contributed by atoms with Gasteiger partial charge in [-0.05, 0) is 30.7 Å². The zero-order chi connectivity index (χ0) is 13.6. The van der Waals surface area contributed by atoms with Gasteiger partial charge in [-0.1, -0.05) is 19.1 Å². The van der Waals surface area contributed by atoms with Crippen LogP contribution in [0.3, 0.4) is 0 Å². The van der Waals surface area contributed by atoms with Crippen LogP contribution in [0.5, 0.6) is 0 Å². The molecule has 0 heterocycles. The van der Waals surface area contributed by atoms with Gasteiger partial charge in [0.15, 0.2) is 0 Å². The van der Waals surface area contributed by atoms with E-state index in [0.29, 0.717) is 6.54 Å². The zero-order valence-electron chi connectivity index (χ0n) is 11.1. The molecule has 0 saturated carbocycles. The number of benzene rings is 1. The molecule has 0 amide bonds. The molecule has 0 aromatic heterocycles. The van der Waals surface area contributed by atoms with Crippen molar-refractivity contribution in [2.75, 3.05) is 30.8 Å². The Morgan fingerprint density at radius 1 is 1.28 bits per heavy atom. The van der Waals surface area contributed by atoms with Crippen molar-refractivity contribution in [2.24, 2.45) is 0 Å². The standard InChI is InChI=1S/C13H22N2O2S/c1-3-7-15(8-9-18(2,16)17)11-12-5-4-6-13(14)10-12/h4-6,10H,3,7-9,11,14H2,1-2H3. The van der Waals surface area contributed by atoms with Crippen LogP contribution in [-0.4, -0.2) is 38.4 Å². The summed E-state index contributed by atoms with van der Waals surface area (Å²) in [4.78, 5) is 2.15. The lowest BCUT2D eigenvalue weighted by molar-refractivity contribution is 0.281. The number of hydrogen-bond donors (Lipinski definition) is 1. The molecule has 0 atom stereocenters. The molecule has 1 rings (SSSR count). The number of anilines is 1. The molecule has 0 saturated heterocycles. The minimum absolute atomic E-state index is 0.204. The Labute approximate surface area is 110 Å². The SMILES string of the molecule is CCCN(CCS(C)(=O)=O)Cc1cccc(N)c1. The first-order valence-electron chi connectivity index (χ1n) is 6.15. The normalized spacial score (nSPS) is 11.9. The van der Waals surface area contributed by atoms with Gasteiger partial charge < -0.3 is 5.73 Å². The van der Waals surface area contributed by atoms with Crippen molar-refractivity contribution in [1.29, 1.82) is 0 Å². The van der Waals surface area contributed by atoms with Crippen molar-refractivity contribution in [1.82, 2.24) is 4.90 Å². The minimum Gasteiger partial charge on any atom is -0.399 e. The average Bonchev–Trinajstić information content (AvgIpc) is 2.25. The topological polar surface area (TPSA) is 63.4 Å². The Morgan fingerprint density at radius 2 is 2.00 bits per heavy atom. The van der Waals surface area contributed by atoms with Crippen LogP contribution in [0, 0.1) is 0 Å². The van der Waals surface area contributed by atoms with Gasteiger partial charge in [-0.25, -0.2) is 8.42 Å². The number of nitrogens with two attached hydrogens (primary N) is 1. The van der Waals surface area contributed by atoms with Gasteiger partial charge in [0.2, 0.25) is 0 Å². The Bertz CT molecular complexity index is 472. The van der Waals surface area contributed by atoms with Gasteiger partial charge >= 0.3 is 0 Å². The van der Waals surface area contributed by atoms with Gasteiger partial charge in [0.1, 0.15) is 9.84 Å². The van der Waals surface area contributed by atoms with E-state index in [1.807, 2.05) is 24.3 Å².